The van der Waals surface area contributed by atoms with Gasteiger partial charge in [-0.1, -0.05) is 0 Å². The predicted molar refractivity (Wildman–Crippen MR) is 96.1 cm³/mol. The fourth-order valence-electron chi connectivity index (χ4n) is 2.77. The van der Waals surface area contributed by atoms with E-state index in [-0.39, 0.29) is 18.0 Å². The summed E-state index contributed by atoms with van der Waals surface area (Å²) in [5.41, 5.74) is -0.173. The number of rotatable bonds is 7. The minimum atomic E-state index is -1.60. The molecule has 1 saturated heterocycles. The van der Waals surface area contributed by atoms with Crippen LogP contribution in [0.4, 0.5) is 5.69 Å². The number of nitro benzene ring substituents is 1. The van der Waals surface area contributed by atoms with Gasteiger partial charge in [0.2, 0.25) is 6.29 Å². The number of carbonyl (C=O) groups is 3. The monoisotopic (exact) mass is 427 g/mol. The first-order valence-corrected chi connectivity index (χ1v) is 8.81. The van der Waals surface area contributed by atoms with Crippen LogP contribution in [-0.2, 0) is 33.3 Å². The molecule has 12 heteroatoms. The lowest BCUT2D eigenvalue weighted by atomic mass is 9.98. The van der Waals surface area contributed by atoms with Gasteiger partial charge in [0, 0.05) is 32.9 Å². The standard InChI is InChI=1S/C18H21NO11/c1-9(20)26-8-14-16(27-10(2)21)17(28-11(3)22)15(23)18(30-14)29-13-6-4-12(5-7-13)19(24)25/h4-7,14-18,23H,8H2,1-3H3. The summed E-state index contributed by atoms with van der Waals surface area (Å²) in [6.07, 6.45) is -6.82. The lowest BCUT2D eigenvalue weighted by molar-refractivity contribution is -0.384. The molecule has 1 aromatic carbocycles. The molecule has 1 heterocycles. The van der Waals surface area contributed by atoms with Crippen molar-refractivity contribution in [2.24, 2.45) is 0 Å². The maximum absolute atomic E-state index is 11.5. The Hall–Kier alpha value is -3.25. The predicted octanol–water partition coefficient (Wildman–Crippen LogP) is 0.486. The van der Waals surface area contributed by atoms with E-state index in [1.807, 2.05) is 0 Å². The van der Waals surface area contributed by atoms with Gasteiger partial charge in [-0.15, -0.1) is 0 Å². The molecule has 1 aliphatic rings. The highest BCUT2D eigenvalue weighted by Gasteiger charge is 2.50. The molecule has 0 bridgehead atoms. The van der Waals surface area contributed by atoms with Crippen molar-refractivity contribution in [3.05, 3.63) is 34.4 Å². The van der Waals surface area contributed by atoms with E-state index in [1.54, 1.807) is 0 Å². The van der Waals surface area contributed by atoms with E-state index >= 15 is 0 Å². The summed E-state index contributed by atoms with van der Waals surface area (Å²) in [5.74, 6) is -2.03. The molecule has 12 nitrogen and oxygen atoms in total. The van der Waals surface area contributed by atoms with E-state index in [1.165, 1.54) is 24.3 Å². The van der Waals surface area contributed by atoms with Crippen LogP contribution in [0.5, 0.6) is 5.75 Å². The molecule has 1 aromatic rings. The number of benzene rings is 1. The Kier molecular flexibility index (Phi) is 7.66. The average Bonchev–Trinajstić information content (AvgIpc) is 2.65. The Morgan fingerprint density at radius 3 is 2.10 bits per heavy atom. The zero-order valence-electron chi connectivity index (χ0n) is 16.4. The number of nitrogens with zero attached hydrogens (tertiary/aromatic N) is 1. The first-order chi connectivity index (χ1) is 14.1. The van der Waals surface area contributed by atoms with Crippen molar-refractivity contribution in [3.63, 3.8) is 0 Å². The van der Waals surface area contributed by atoms with E-state index in [9.17, 15) is 29.6 Å². The third-order valence-electron chi connectivity index (χ3n) is 3.97. The van der Waals surface area contributed by atoms with E-state index in [2.05, 4.69) is 0 Å². The molecule has 5 unspecified atom stereocenters. The number of carbonyl (C=O) groups excluding carboxylic acids is 3. The largest absolute Gasteiger partial charge is 0.463 e. The SMILES string of the molecule is CC(=O)OCC1OC(Oc2ccc([N+](=O)[O-])cc2)C(O)C(OC(C)=O)C1OC(C)=O. The van der Waals surface area contributed by atoms with Crippen molar-refractivity contribution in [2.75, 3.05) is 6.61 Å². The second-order valence-corrected chi connectivity index (χ2v) is 6.35. The van der Waals surface area contributed by atoms with Crippen molar-refractivity contribution < 1.29 is 48.1 Å². The van der Waals surface area contributed by atoms with Gasteiger partial charge in [-0.3, -0.25) is 24.5 Å². The fourth-order valence-corrected chi connectivity index (χ4v) is 2.77. The highest BCUT2D eigenvalue weighted by atomic mass is 16.7. The summed E-state index contributed by atoms with van der Waals surface area (Å²) in [6, 6.07) is 4.95. The smallest absolute Gasteiger partial charge is 0.303 e. The van der Waals surface area contributed by atoms with Gasteiger partial charge in [0.25, 0.3) is 5.69 Å². The molecule has 0 amide bonds. The van der Waals surface area contributed by atoms with Crippen LogP contribution in [0.15, 0.2) is 24.3 Å². The molecule has 164 valence electrons. The van der Waals surface area contributed by atoms with Gasteiger partial charge in [0.05, 0.1) is 4.92 Å². The molecule has 1 aliphatic heterocycles. The summed E-state index contributed by atoms with van der Waals surface area (Å²) >= 11 is 0. The number of aliphatic hydroxyl groups excluding tert-OH is 1. The molecule has 0 radical (unpaired) electrons. The third kappa shape index (κ3) is 6.12. The van der Waals surface area contributed by atoms with Crippen LogP contribution in [0.2, 0.25) is 0 Å². The topological polar surface area (TPSA) is 161 Å². The van der Waals surface area contributed by atoms with Gasteiger partial charge in [0.15, 0.2) is 18.3 Å². The summed E-state index contributed by atoms with van der Waals surface area (Å²) < 4.78 is 26.3. The number of hydrogen-bond acceptors (Lipinski definition) is 11. The van der Waals surface area contributed by atoms with Crippen molar-refractivity contribution in [1.82, 2.24) is 0 Å². The molecular weight excluding hydrogens is 406 g/mol. The van der Waals surface area contributed by atoms with Crippen molar-refractivity contribution in [2.45, 2.75) is 51.5 Å². The fraction of sp³-hybridized carbons (Fsp3) is 0.500. The van der Waals surface area contributed by atoms with Crippen molar-refractivity contribution in [3.8, 4) is 5.75 Å². The molecule has 30 heavy (non-hydrogen) atoms. The Balaban J connectivity index is 2.28. The molecule has 5 atom stereocenters. The minimum Gasteiger partial charge on any atom is -0.463 e. The first kappa shape index (κ1) is 23.0. The highest BCUT2D eigenvalue weighted by Crippen LogP contribution is 2.29. The van der Waals surface area contributed by atoms with Crippen LogP contribution in [0.1, 0.15) is 20.8 Å². The van der Waals surface area contributed by atoms with Gasteiger partial charge in [-0.2, -0.15) is 0 Å². The summed E-state index contributed by atoms with van der Waals surface area (Å²) in [5, 5.41) is 21.4. The number of ether oxygens (including phenoxy) is 5. The van der Waals surface area contributed by atoms with E-state index < -0.39 is 53.5 Å². The van der Waals surface area contributed by atoms with Crippen LogP contribution in [-0.4, -0.2) is 65.3 Å². The molecule has 0 aliphatic carbocycles. The van der Waals surface area contributed by atoms with Gasteiger partial charge in [-0.25, -0.2) is 0 Å². The summed E-state index contributed by atoms with van der Waals surface area (Å²) in [6.45, 7) is 2.99. The summed E-state index contributed by atoms with van der Waals surface area (Å²) in [4.78, 5) is 44.4. The quantitative estimate of drug-likeness (QED) is 0.279. The molecule has 2 rings (SSSR count). The van der Waals surface area contributed by atoms with Gasteiger partial charge >= 0.3 is 17.9 Å². The maximum atomic E-state index is 11.5. The Bertz CT molecular complexity index is 794. The van der Waals surface area contributed by atoms with Crippen LogP contribution >= 0.6 is 0 Å². The van der Waals surface area contributed by atoms with E-state index in [0.717, 1.165) is 20.8 Å². The molecule has 1 N–H and O–H groups in total. The molecule has 0 spiro atoms. The lowest BCUT2D eigenvalue weighted by Crippen LogP contribution is -2.62. The van der Waals surface area contributed by atoms with Crippen LogP contribution in [0.25, 0.3) is 0 Å². The normalized spacial score (nSPS) is 25.7. The van der Waals surface area contributed by atoms with Crippen LogP contribution < -0.4 is 4.74 Å². The Labute approximate surface area is 170 Å². The molecule has 0 saturated carbocycles. The maximum Gasteiger partial charge on any atom is 0.303 e. The zero-order chi connectivity index (χ0) is 22.4. The summed E-state index contributed by atoms with van der Waals surface area (Å²) in [7, 11) is 0. The van der Waals surface area contributed by atoms with E-state index in [4.69, 9.17) is 23.7 Å². The number of non-ortho nitro benzene ring substituents is 1. The second-order valence-electron chi connectivity index (χ2n) is 6.35. The van der Waals surface area contributed by atoms with Crippen molar-refractivity contribution in [1.29, 1.82) is 0 Å². The van der Waals surface area contributed by atoms with Crippen LogP contribution in [0.3, 0.4) is 0 Å². The first-order valence-electron chi connectivity index (χ1n) is 8.81. The molecular formula is C18H21NO11. The van der Waals surface area contributed by atoms with E-state index in [0.29, 0.717) is 0 Å². The molecule has 0 aromatic heterocycles. The average molecular weight is 427 g/mol. The number of esters is 3. The lowest BCUT2D eigenvalue weighted by Gasteiger charge is -2.42. The Morgan fingerprint density at radius 2 is 1.60 bits per heavy atom. The second kappa shape index (κ2) is 9.98. The highest BCUT2D eigenvalue weighted by molar-refractivity contribution is 5.67. The van der Waals surface area contributed by atoms with Gasteiger partial charge in [-0.05, 0) is 12.1 Å². The number of hydrogen-bond donors (Lipinski definition) is 1. The minimum absolute atomic E-state index is 0.114. The number of aliphatic hydroxyl groups is 1. The van der Waals surface area contributed by atoms with Crippen molar-refractivity contribution >= 4 is 23.6 Å². The zero-order valence-corrected chi connectivity index (χ0v) is 16.4. The van der Waals surface area contributed by atoms with Gasteiger partial charge in [0.1, 0.15) is 18.5 Å². The third-order valence-corrected chi connectivity index (χ3v) is 3.97. The number of nitro groups is 1. The van der Waals surface area contributed by atoms with Crippen LogP contribution in [0, 0.1) is 10.1 Å². The molecule has 1 fully saturated rings. The van der Waals surface area contributed by atoms with Gasteiger partial charge < -0.3 is 28.8 Å². The Morgan fingerprint density at radius 1 is 1.03 bits per heavy atom.